The van der Waals surface area contributed by atoms with Crippen LogP contribution in [-0.4, -0.2) is 19.0 Å². The zero-order chi connectivity index (χ0) is 10.4. The quantitative estimate of drug-likeness (QED) is 0.568. The van der Waals surface area contributed by atoms with Gasteiger partial charge in [-0.2, -0.15) is 0 Å². The Hall–Kier alpha value is -1.35. The van der Waals surface area contributed by atoms with Crippen LogP contribution in [0.5, 0.6) is 0 Å². The predicted molar refractivity (Wildman–Crippen MR) is 56.0 cm³/mol. The molecule has 0 bridgehead atoms. The number of nitrogen functional groups attached to an aromatic ring is 1. The van der Waals surface area contributed by atoms with Crippen molar-refractivity contribution >= 4 is 12.0 Å². The molecular weight excluding hydrogens is 178 g/mol. The van der Waals surface area contributed by atoms with Gasteiger partial charge in [0.15, 0.2) is 0 Å². The molecule has 76 valence electrons. The minimum absolute atomic E-state index is 0.344. The van der Waals surface area contributed by atoms with Gasteiger partial charge in [0, 0.05) is 18.7 Å². The molecular formula is C11H15NO2. The summed E-state index contributed by atoms with van der Waals surface area (Å²) in [4.78, 5) is 10.6. The summed E-state index contributed by atoms with van der Waals surface area (Å²) in [5, 5.41) is 0. The molecule has 0 spiro atoms. The minimum atomic E-state index is -0.344. The molecule has 14 heavy (non-hydrogen) atoms. The van der Waals surface area contributed by atoms with E-state index >= 15 is 0 Å². The van der Waals surface area contributed by atoms with Crippen LogP contribution in [0.1, 0.15) is 12.5 Å². The number of ether oxygens (including phenoxy) is 1. The van der Waals surface area contributed by atoms with E-state index in [1.54, 1.807) is 0 Å². The van der Waals surface area contributed by atoms with E-state index in [0.717, 1.165) is 17.5 Å². The molecule has 0 saturated heterocycles. The summed E-state index contributed by atoms with van der Waals surface area (Å²) < 4.78 is 5.23. The molecule has 0 aromatic heterocycles. The predicted octanol–water partition coefficient (Wildman–Crippen LogP) is 1.42. The van der Waals surface area contributed by atoms with E-state index in [1.165, 1.54) is 0 Å². The monoisotopic (exact) mass is 193 g/mol. The van der Waals surface area contributed by atoms with Gasteiger partial charge in [-0.1, -0.05) is 12.1 Å². The molecule has 0 heterocycles. The summed E-state index contributed by atoms with van der Waals surface area (Å²) in [5.74, 6) is 0. The molecule has 0 amide bonds. The van der Waals surface area contributed by atoms with E-state index < -0.39 is 0 Å². The third-order valence-corrected chi connectivity index (χ3v) is 1.95. The van der Waals surface area contributed by atoms with E-state index in [-0.39, 0.29) is 6.10 Å². The molecule has 1 atom stereocenters. The zero-order valence-electron chi connectivity index (χ0n) is 8.27. The van der Waals surface area contributed by atoms with Crippen molar-refractivity contribution in [3.8, 4) is 0 Å². The van der Waals surface area contributed by atoms with Gasteiger partial charge in [0.05, 0.1) is 0 Å². The number of benzene rings is 1. The molecule has 0 radical (unpaired) electrons. The van der Waals surface area contributed by atoms with E-state index in [1.807, 2.05) is 31.2 Å². The molecule has 0 aliphatic rings. The van der Waals surface area contributed by atoms with Crippen LogP contribution in [0.25, 0.3) is 0 Å². The number of carbonyl (C=O) groups is 1. The van der Waals surface area contributed by atoms with E-state index in [9.17, 15) is 4.79 Å². The van der Waals surface area contributed by atoms with Crippen LogP contribution in [0.2, 0.25) is 0 Å². The number of anilines is 1. The van der Waals surface area contributed by atoms with Gasteiger partial charge in [0.2, 0.25) is 0 Å². The molecule has 0 aliphatic carbocycles. The molecule has 3 nitrogen and oxygen atoms in total. The van der Waals surface area contributed by atoms with Crippen molar-refractivity contribution in [3.63, 3.8) is 0 Å². The SMILES string of the molecule is CCOC(C=O)Cc1ccc(N)cc1. The highest BCUT2D eigenvalue weighted by Gasteiger charge is 2.07. The number of carbonyl (C=O) groups excluding carboxylic acids is 1. The van der Waals surface area contributed by atoms with Crippen molar-refractivity contribution in [2.45, 2.75) is 19.4 Å². The number of rotatable bonds is 5. The Kier molecular flexibility index (Phi) is 4.13. The molecule has 0 aliphatic heterocycles. The van der Waals surface area contributed by atoms with Gasteiger partial charge in [0.1, 0.15) is 12.4 Å². The summed E-state index contributed by atoms with van der Waals surface area (Å²) in [6.07, 6.45) is 1.10. The molecule has 1 unspecified atom stereocenters. The van der Waals surface area contributed by atoms with Crippen LogP contribution in [0, 0.1) is 0 Å². The topological polar surface area (TPSA) is 52.3 Å². The third kappa shape index (κ3) is 3.18. The third-order valence-electron chi connectivity index (χ3n) is 1.95. The number of hydrogen-bond acceptors (Lipinski definition) is 3. The summed E-state index contributed by atoms with van der Waals surface area (Å²) in [7, 11) is 0. The highest BCUT2D eigenvalue weighted by Crippen LogP contribution is 2.08. The summed E-state index contributed by atoms with van der Waals surface area (Å²) >= 11 is 0. The first-order valence-electron chi connectivity index (χ1n) is 4.67. The molecule has 2 N–H and O–H groups in total. The normalized spacial score (nSPS) is 12.4. The lowest BCUT2D eigenvalue weighted by Crippen LogP contribution is -2.17. The second kappa shape index (κ2) is 5.40. The first kappa shape index (κ1) is 10.7. The van der Waals surface area contributed by atoms with Crippen LogP contribution in [-0.2, 0) is 16.0 Å². The molecule has 1 aromatic carbocycles. The Balaban J connectivity index is 2.57. The van der Waals surface area contributed by atoms with Crippen molar-refractivity contribution in [1.29, 1.82) is 0 Å². The number of nitrogens with two attached hydrogens (primary N) is 1. The van der Waals surface area contributed by atoms with Crippen LogP contribution < -0.4 is 5.73 Å². The Morgan fingerprint density at radius 1 is 1.43 bits per heavy atom. The lowest BCUT2D eigenvalue weighted by molar-refractivity contribution is -0.117. The fourth-order valence-electron chi connectivity index (χ4n) is 1.25. The standard InChI is InChI=1S/C11H15NO2/c1-2-14-11(8-13)7-9-3-5-10(12)6-4-9/h3-6,8,11H,2,7,12H2,1H3. The maximum Gasteiger partial charge on any atom is 0.149 e. The maximum atomic E-state index is 10.6. The molecule has 1 rings (SSSR count). The van der Waals surface area contributed by atoms with E-state index in [0.29, 0.717) is 13.0 Å². The van der Waals surface area contributed by atoms with Gasteiger partial charge in [-0.15, -0.1) is 0 Å². The average molecular weight is 193 g/mol. The second-order valence-electron chi connectivity index (χ2n) is 3.08. The molecule has 0 saturated carbocycles. The van der Waals surface area contributed by atoms with Gasteiger partial charge < -0.3 is 15.3 Å². The van der Waals surface area contributed by atoms with E-state index in [2.05, 4.69) is 0 Å². The van der Waals surface area contributed by atoms with Gasteiger partial charge in [-0.3, -0.25) is 0 Å². The summed E-state index contributed by atoms with van der Waals surface area (Å²) in [6.45, 7) is 2.43. The van der Waals surface area contributed by atoms with Gasteiger partial charge in [0.25, 0.3) is 0 Å². The van der Waals surface area contributed by atoms with Gasteiger partial charge >= 0.3 is 0 Å². The van der Waals surface area contributed by atoms with Crippen molar-refractivity contribution in [1.82, 2.24) is 0 Å². The Morgan fingerprint density at radius 3 is 2.57 bits per heavy atom. The van der Waals surface area contributed by atoms with Crippen LogP contribution in [0.3, 0.4) is 0 Å². The van der Waals surface area contributed by atoms with Crippen molar-refractivity contribution in [3.05, 3.63) is 29.8 Å². The summed E-state index contributed by atoms with van der Waals surface area (Å²) in [5.41, 5.74) is 7.34. The van der Waals surface area contributed by atoms with E-state index in [4.69, 9.17) is 10.5 Å². The molecule has 1 aromatic rings. The average Bonchev–Trinajstić information content (AvgIpc) is 2.20. The molecule has 3 heteroatoms. The van der Waals surface area contributed by atoms with Crippen molar-refractivity contribution < 1.29 is 9.53 Å². The van der Waals surface area contributed by atoms with Gasteiger partial charge in [-0.25, -0.2) is 0 Å². The second-order valence-corrected chi connectivity index (χ2v) is 3.08. The number of aldehydes is 1. The van der Waals surface area contributed by atoms with Crippen LogP contribution in [0.15, 0.2) is 24.3 Å². The first-order valence-corrected chi connectivity index (χ1v) is 4.67. The molecule has 0 fully saturated rings. The zero-order valence-corrected chi connectivity index (χ0v) is 8.27. The number of hydrogen-bond donors (Lipinski definition) is 1. The minimum Gasteiger partial charge on any atom is -0.399 e. The van der Waals surface area contributed by atoms with Crippen LogP contribution >= 0.6 is 0 Å². The largest absolute Gasteiger partial charge is 0.399 e. The Morgan fingerprint density at radius 2 is 2.07 bits per heavy atom. The van der Waals surface area contributed by atoms with Crippen molar-refractivity contribution in [2.24, 2.45) is 0 Å². The maximum absolute atomic E-state index is 10.6. The fourth-order valence-corrected chi connectivity index (χ4v) is 1.25. The Labute approximate surface area is 83.9 Å². The fraction of sp³-hybridized carbons (Fsp3) is 0.364. The highest BCUT2D eigenvalue weighted by molar-refractivity contribution is 5.57. The highest BCUT2D eigenvalue weighted by atomic mass is 16.5. The van der Waals surface area contributed by atoms with Crippen molar-refractivity contribution in [2.75, 3.05) is 12.3 Å². The first-order chi connectivity index (χ1) is 6.76. The Bertz CT molecular complexity index is 282. The smallest absolute Gasteiger partial charge is 0.149 e. The lowest BCUT2D eigenvalue weighted by atomic mass is 10.1. The summed E-state index contributed by atoms with van der Waals surface area (Å²) in [6, 6.07) is 7.46. The van der Waals surface area contributed by atoms with Crippen LogP contribution in [0.4, 0.5) is 5.69 Å². The van der Waals surface area contributed by atoms with Gasteiger partial charge in [-0.05, 0) is 24.6 Å². The lowest BCUT2D eigenvalue weighted by Gasteiger charge is -2.09.